The number of nitrogens with one attached hydrogen (secondary N) is 1. The highest BCUT2D eigenvalue weighted by Crippen LogP contribution is 2.23. The Kier molecular flexibility index (Phi) is 6.95. The predicted molar refractivity (Wildman–Crippen MR) is 122 cm³/mol. The molecule has 2 aliphatic rings. The van der Waals surface area contributed by atoms with Gasteiger partial charge in [0.25, 0.3) is 0 Å². The van der Waals surface area contributed by atoms with Gasteiger partial charge in [-0.15, -0.1) is 0 Å². The van der Waals surface area contributed by atoms with Crippen molar-refractivity contribution in [2.45, 2.75) is 45.7 Å². The Labute approximate surface area is 181 Å². The third kappa shape index (κ3) is 5.35. The molecule has 2 aromatic rings. The van der Waals surface area contributed by atoms with Gasteiger partial charge in [-0.05, 0) is 62.1 Å². The van der Waals surface area contributed by atoms with Gasteiger partial charge in [-0.1, -0.05) is 13.8 Å². The molecule has 30 heavy (non-hydrogen) atoms. The molecule has 0 saturated carbocycles. The molecule has 1 N–H and O–H groups in total. The first kappa shape index (κ1) is 21.2. The van der Waals surface area contributed by atoms with Gasteiger partial charge in [0.05, 0.1) is 12.8 Å². The first-order chi connectivity index (χ1) is 14.6. The summed E-state index contributed by atoms with van der Waals surface area (Å²) in [4.78, 5) is 7.82. The maximum atomic E-state index is 5.29. The number of aromatic nitrogens is 2. The minimum absolute atomic E-state index is 0.650. The molecule has 0 spiro atoms. The van der Waals surface area contributed by atoms with E-state index in [0.717, 1.165) is 44.9 Å². The summed E-state index contributed by atoms with van der Waals surface area (Å²) in [5.41, 5.74) is 3.76. The Morgan fingerprint density at radius 2 is 1.87 bits per heavy atom. The average Bonchev–Trinajstić information content (AvgIpc) is 3.20. The van der Waals surface area contributed by atoms with Crippen molar-refractivity contribution in [3.8, 4) is 5.75 Å². The quantitative estimate of drug-likeness (QED) is 0.757. The van der Waals surface area contributed by atoms with Crippen LogP contribution >= 0.6 is 0 Å². The largest absolute Gasteiger partial charge is 0.497 e. The molecule has 2 fully saturated rings. The lowest BCUT2D eigenvalue weighted by Crippen LogP contribution is -2.55. The van der Waals surface area contributed by atoms with E-state index in [0.29, 0.717) is 12.0 Å². The number of H-pyrrole nitrogens is 1. The van der Waals surface area contributed by atoms with E-state index in [-0.39, 0.29) is 0 Å². The van der Waals surface area contributed by atoms with Crippen molar-refractivity contribution in [3.63, 3.8) is 0 Å². The summed E-state index contributed by atoms with van der Waals surface area (Å²) in [5.74, 6) is 1.57. The zero-order valence-electron chi connectivity index (χ0n) is 18.8. The van der Waals surface area contributed by atoms with E-state index in [2.05, 4.69) is 69.1 Å². The number of nitrogens with zero attached hydrogens (tertiary/aromatic N) is 4. The molecule has 1 atom stereocenters. The Morgan fingerprint density at radius 1 is 1.10 bits per heavy atom. The number of rotatable bonds is 7. The number of piperazine rings is 1. The Hall–Kier alpha value is -2.05. The van der Waals surface area contributed by atoms with Crippen LogP contribution in [0, 0.1) is 5.92 Å². The molecule has 2 aliphatic heterocycles. The van der Waals surface area contributed by atoms with Crippen LogP contribution < -0.4 is 9.64 Å². The molecular weight excluding hydrogens is 374 g/mol. The fourth-order valence-electron chi connectivity index (χ4n) is 4.87. The molecule has 164 valence electrons. The number of hydrogen-bond donors (Lipinski definition) is 1. The van der Waals surface area contributed by atoms with E-state index < -0.39 is 0 Å². The van der Waals surface area contributed by atoms with Crippen molar-refractivity contribution < 1.29 is 4.74 Å². The van der Waals surface area contributed by atoms with Gasteiger partial charge >= 0.3 is 0 Å². The number of benzene rings is 1. The second kappa shape index (κ2) is 9.84. The van der Waals surface area contributed by atoms with Crippen LogP contribution in [0.25, 0.3) is 0 Å². The average molecular weight is 412 g/mol. The second-order valence-corrected chi connectivity index (χ2v) is 9.23. The first-order valence-electron chi connectivity index (χ1n) is 11.5. The minimum Gasteiger partial charge on any atom is -0.497 e. The van der Waals surface area contributed by atoms with Crippen molar-refractivity contribution >= 4 is 5.69 Å². The molecular formula is C24H37N5O. The van der Waals surface area contributed by atoms with Gasteiger partial charge in [-0.2, -0.15) is 5.10 Å². The SMILES string of the molecule is COc1ccc(N2CCN([C@@H]3CCCN(Cc4cc(CC(C)C)n[nH]4)C3)CC2)cc1. The third-order valence-corrected chi connectivity index (χ3v) is 6.44. The molecule has 6 heteroatoms. The van der Waals surface area contributed by atoms with Crippen LogP contribution in [0.5, 0.6) is 5.75 Å². The summed E-state index contributed by atoms with van der Waals surface area (Å²) in [6.07, 6.45) is 3.66. The number of hydrogen-bond acceptors (Lipinski definition) is 5. The summed E-state index contributed by atoms with van der Waals surface area (Å²) in [7, 11) is 1.72. The van der Waals surface area contributed by atoms with Gasteiger partial charge in [-0.3, -0.25) is 14.9 Å². The molecule has 4 rings (SSSR count). The monoisotopic (exact) mass is 411 g/mol. The Morgan fingerprint density at radius 3 is 2.57 bits per heavy atom. The minimum atomic E-state index is 0.650. The molecule has 1 aromatic heterocycles. The summed E-state index contributed by atoms with van der Waals surface area (Å²) in [5, 5.41) is 7.77. The standard InChI is InChI=1S/C24H37N5O/c1-19(2)15-20-16-21(26-25-20)17-27-10-4-5-23(18-27)29-13-11-28(12-14-29)22-6-8-24(30-3)9-7-22/h6-9,16,19,23H,4-5,10-15,17-18H2,1-3H3,(H,25,26)/t23-/m1/s1. The zero-order chi connectivity index (χ0) is 20.9. The van der Waals surface area contributed by atoms with Crippen LogP contribution in [-0.4, -0.2) is 72.4 Å². The third-order valence-electron chi connectivity index (χ3n) is 6.44. The van der Waals surface area contributed by atoms with E-state index in [1.807, 2.05) is 0 Å². The van der Waals surface area contributed by atoms with Crippen LogP contribution in [-0.2, 0) is 13.0 Å². The highest BCUT2D eigenvalue weighted by Gasteiger charge is 2.28. The number of anilines is 1. The van der Waals surface area contributed by atoms with Gasteiger partial charge in [0.1, 0.15) is 5.75 Å². The topological polar surface area (TPSA) is 47.6 Å². The van der Waals surface area contributed by atoms with Crippen LogP contribution in [0.3, 0.4) is 0 Å². The van der Waals surface area contributed by atoms with Crippen LogP contribution in [0.4, 0.5) is 5.69 Å². The molecule has 0 radical (unpaired) electrons. The molecule has 0 bridgehead atoms. The lowest BCUT2D eigenvalue weighted by molar-refractivity contribution is 0.0881. The Bertz CT molecular complexity index is 779. The van der Waals surface area contributed by atoms with Gasteiger partial charge in [-0.25, -0.2) is 0 Å². The van der Waals surface area contributed by atoms with E-state index in [9.17, 15) is 0 Å². The number of piperidine rings is 1. The lowest BCUT2D eigenvalue weighted by Gasteiger charge is -2.44. The highest BCUT2D eigenvalue weighted by atomic mass is 16.5. The van der Waals surface area contributed by atoms with Gasteiger partial charge < -0.3 is 9.64 Å². The number of methoxy groups -OCH3 is 1. The van der Waals surface area contributed by atoms with E-state index in [1.165, 1.54) is 43.0 Å². The maximum Gasteiger partial charge on any atom is 0.119 e. The fourth-order valence-corrected chi connectivity index (χ4v) is 4.87. The van der Waals surface area contributed by atoms with E-state index in [4.69, 9.17) is 4.74 Å². The molecule has 0 aliphatic carbocycles. The van der Waals surface area contributed by atoms with E-state index >= 15 is 0 Å². The van der Waals surface area contributed by atoms with E-state index in [1.54, 1.807) is 7.11 Å². The number of aromatic amines is 1. The molecule has 1 aromatic carbocycles. The predicted octanol–water partition coefficient (Wildman–Crippen LogP) is 3.40. The summed E-state index contributed by atoms with van der Waals surface area (Å²) >= 11 is 0. The second-order valence-electron chi connectivity index (χ2n) is 9.23. The maximum absolute atomic E-state index is 5.29. The molecule has 6 nitrogen and oxygen atoms in total. The lowest BCUT2D eigenvalue weighted by atomic mass is 10.0. The fraction of sp³-hybridized carbons (Fsp3) is 0.625. The van der Waals surface area contributed by atoms with Crippen molar-refractivity contribution in [2.24, 2.45) is 5.92 Å². The van der Waals surface area contributed by atoms with Crippen LogP contribution in [0.15, 0.2) is 30.3 Å². The summed E-state index contributed by atoms with van der Waals surface area (Å²) < 4.78 is 5.29. The summed E-state index contributed by atoms with van der Waals surface area (Å²) in [6.45, 7) is 12.3. The van der Waals surface area contributed by atoms with Crippen molar-refractivity contribution in [2.75, 3.05) is 51.3 Å². The highest BCUT2D eigenvalue weighted by molar-refractivity contribution is 5.49. The molecule has 3 heterocycles. The Balaban J connectivity index is 1.27. The van der Waals surface area contributed by atoms with Crippen molar-refractivity contribution in [1.82, 2.24) is 20.0 Å². The van der Waals surface area contributed by atoms with Gasteiger partial charge in [0.15, 0.2) is 0 Å². The van der Waals surface area contributed by atoms with Crippen molar-refractivity contribution in [3.05, 3.63) is 41.7 Å². The smallest absolute Gasteiger partial charge is 0.119 e. The molecule has 2 saturated heterocycles. The zero-order valence-corrected chi connectivity index (χ0v) is 18.8. The molecule has 0 unspecified atom stereocenters. The normalized spacial score (nSPS) is 21.3. The van der Waals surface area contributed by atoms with Crippen molar-refractivity contribution in [1.29, 1.82) is 0 Å². The van der Waals surface area contributed by atoms with Gasteiger partial charge in [0, 0.05) is 56.7 Å². The molecule has 0 amide bonds. The first-order valence-corrected chi connectivity index (χ1v) is 11.5. The van der Waals surface area contributed by atoms with Gasteiger partial charge in [0.2, 0.25) is 0 Å². The summed E-state index contributed by atoms with van der Waals surface area (Å²) in [6, 6.07) is 11.4. The number of ether oxygens (including phenoxy) is 1. The van der Waals surface area contributed by atoms with Crippen LogP contribution in [0.1, 0.15) is 38.1 Å². The number of likely N-dealkylation sites (tertiary alicyclic amines) is 1. The van der Waals surface area contributed by atoms with Crippen LogP contribution in [0.2, 0.25) is 0 Å².